The van der Waals surface area contributed by atoms with Crippen molar-refractivity contribution in [3.8, 4) is 5.75 Å². The van der Waals surface area contributed by atoms with E-state index in [1.165, 1.54) is 83.5 Å². The van der Waals surface area contributed by atoms with Crippen LogP contribution < -0.4 is 0 Å². The third-order valence-electron chi connectivity index (χ3n) is 8.37. The van der Waals surface area contributed by atoms with Crippen molar-refractivity contribution in [2.45, 2.75) is 129 Å². The van der Waals surface area contributed by atoms with Crippen LogP contribution in [-0.4, -0.2) is 67.6 Å². The fraction of sp³-hybridized carbons (Fsp3) is 0.794. The second-order valence-electron chi connectivity index (χ2n) is 12.7. The molecule has 7 nitrogen and oxygen atoms in total. The molecule has 2 N–H and O–H groups in total. The van der Waals surface area contributed by atoms with Gasteiger partial charge in [0.2, 0.25) is 0 Å². The molecule has 42 heavy (non-hydrogen) atoms. The monoisotopic (exact) mass is 612 g/mol. The smallest absolute Gasteiger partial charge is 0.308 e. The highest BCUT2D eigenvalue weighted by Gasteiger charge is 2.22. The van der Waals surface area contributed by atoms with Gasteiger partial charge in [-0.05, 0) is 49.8 Å². The Kier molecular flexibility index (Phi) is 20.9. The number of nitrogens with zero attached hydrogens (tertiary/aromatic N) is 1. The molecule has 0 bridgehead atoms. The number of phenols is 1. The van der Waals surface area contributed by atoms with E-state index >= 15 is 0 Å². The molecule has 2 atom stereocenters. The van der Waals surface area contributed by atoms with Gasteiger partial charge in [-0.25, -0.2) is 0 Å². The molecule has 0 amide bonds. The van der Waals surface area contributed by atoms with Crippen LogP contribution in [-0.2, 0) is 26.1 Å². The molecule has 0 fully saturated rings. The Morgan fingerprint density at radius 1 is 0.762 bits per heavy atom. The summed E-state index contributed by atoms with van der Waals surface area (Å²) in [4.78, 5) is 12.4. The number of esters is 1. The lowest BCUT2D eigenvalue weighted by molar-refractivity contribution is -0.910. The van der Waals surface area contributed by atoms with Gasteiger partial charge in [0.1, 0.15) is 5.75 Å². The van der Waals surface area contributed by atoms with Crippen LogP contribution in [0.1, 0.15) is 129 Å². The lowest BCUT2D eigenvalue weighted by Gasteiger charge is -2.35. The van der Waals surface area contributed by atoms with E-state index in [1.54, 1.807) is 12.1 Å². The molecule has 8 heteroatoms. The number of rotatable bonds is 27. The van der Waals surface area contributed by atoms with Crippen molar-refractivity contribution in [1.29, 1.82) is 0 Å². The van der Waals surface area contributed by atoms with Crippen molar-refractivity contribution in [1.82, 2.24) is 0 Å². The van der Waals surface area contributed by atoms with Gasteiger partial charge in [0.05, 0.1) is 45.0 Å². The zero-order valence-electron chi connectivity index (χ0n) is 27.0. The number of aromatic hydroxyl groups is 1. The van der Waals surface area contributed by atoms with E-state index in [0.717, 1.165) is 42.4 Å². The van der Waals surface area contributed by atoms with Gasteiger partial charge in [0.25, 0.3) is 10.1 Å². The second kappa shape index (κ2) is 22.8. The minimum absolute atomic E-state index is 0.198. The number of hydrogen-bond acceptors (Lipinski definition) is 5. The highest BCUT2D eigenvalue weighted by molar-refractivity contribution is 7.85. The largest absolute Gasteiger partial charge is 0.508 e. The number of hydrogen-bond donors (Lipinski definition) is 2. The van der Waals surface area contributed by atoms with Gasteiger partial charge in [-0.15, -0.1) is 0 Å². The first-order valence-corrected chi connectivity index (χ1v) is 18.4. The van der Waals surface area contributed by atoms with Crippen LogP contribution in [0, 0.1) is 5.92 Å². The molecule has 0 aliphatic heterocycles. The van der Waals surface area contributed by atoms with Crippen molar-refractivity contribution < 1.29 is 32.1 Å². The normalized spacial score (nSPS) is 14.0. The maximum Gasteiger partial charge on any atom is 0.308 e. The Labute approximate surface area is 257 Å². The molecule has 0 saturated carbocycles. The van der Waals surface area contributed by atoms with Crippen LogP contribution in [0.25, 0.3) is 0 Å². The molecule has 0 aliphatic rings. The standard InChI is InChI=1S/C34H61NO6S/c1-4-5-6-7-8-9-10-11-12-13-14-15-16-17-25-35(3,27-20-29-42(38,39)40)26-18-19-28-41-34(37)31(2)30-32-21-23-33(36)24-22-32/h21-24,31H,4-20,25-30H2,1-3H3,(H-,36,38,39,40)/p+1/t31-,35?/m0/s1. The summed E-state index contributed by atoms with van der Waals surface area (Å²) in [6.07, 6.45) is 21.2. The molecule has 0 heterocycles. The van der Waals surface area contributed by atoms with E-state index in [9.17, 15) is 22.9 Å². The van der Waals surface area contributed by atoms with Gasteiger partial charge in [0.15, 0.2) is 0 Å². The lowest BCUT2D eigenvalue weighted by atomic mass is 10.0. The predicted molar refractivity (Wildman–Crippen MR) is 173 cm³/mol. The Morgan fingerprint density at radius 3 is 1.71 bits per heavy atom. The van der Waals surface area contributed by atoms with Crippen molar-refractivity contribution >= 4 is 16.1 Å². The van der Waals surface area contributed by atoms with Crippen LogP contribution in [0.15, 0.2) is 24.3 Å². The molecule has 1 unspecified atom stereocenters. The maximum absolute atomic E-state index is 12.4. The molecule has 1 aromatic rings. The lowest BCUT2D eigenvalue weighted by Crippen LogP contribution is -2.46. The maximum atomic E-state index is 12.4. The quantitative estimate of drug-likeness (QED) is 0.0451. The molecule has 0 spiro atoms. The Balaban J connectivity index is 2.26. The van der Waals surface area contributed by atoms with E-state index < -0.39 is 10.1 Å². The topological polar surface area (TPSA) is 101 Å². The van der Waals surface area contributed by atoms with Gasteiger partial charge in [-0.1, -0.05) is 103 Å². The summed E-state index contributed by atoms with van der Waals surface area (Å²) < 4.78 is 38.0. The molecule has 0 aliphatic carbocycles. The summed E-state index contributed by atoms with van der Waals surface area (Å²) in [7, 11) is -1.77. The van der Waals surface area contributed by atoms with Crippen LogP contribution in [0.5, 0.6) is 5.75 Å². The van der Waals surface area contributed by atoms with Crippen LogP contribution >= 0.6 is 0 Å². The summed E-state index contributed by atoms with van der Waals surface area (Å²) in [5, 5.41) is 9.42. The molecule has 0 radical (unpaired) electrons. The summed E-state index contributed by atoms with van der Waals surface area (Å²) in [5.41, 5.74) is 0.985. The first-order chi connectivity index (χ1) is 20.0. The summed E-state index contributed by atoms with van der Waals surface area (Å²) in [6.45, 7) is 7.09. The highest BCUT2D eigenvalue weighted by atomic mass is 32.2. The molecule has 0 aromatic heterocycles. The number of unbranched alkanes of at least 4 members (excludes halogenated alkanes) is 14. The number of ether oxygens (including phenoxy) is 1. The number of phenolic OH excluding ortho intramolecular Hbond substituents is 1. The minimum atomic E-state index is -3.95. The minimum Gasteiger partial charge on any atom is -0.508 e. The van der Waals surface area contributed by atoms with E-state index in [1.807, 2.05) is 19.1 Å². The first-order valence-electron chi connectivity index (χ1n) is 16.8. The van der Waals surface area contributed by atoms with Gasteiger partial charge in [-0.3, -0.25) is 9.35 Å². The molecular weight excluding hydrogens is 550 g/mol. The molecular formula is C34H62NO6S+. The van der Waals surface area contributed by atoms with E-state index in [-0.39, 0.29) is 23.4 Å². The second-order valence-corrected chi connectivity index (χ2v) is 14.2. The van der Waals surface area contributed by atoms with Crippen molar-refractivity contribution in [2.24, 2.45) is 5.92 Å². The summed E-state index contributed by atoms with van der Waals surface area (Å²) in [5.74, 6) is -0.454. The SMILES string of the molecule is CCCCCCCCCCCCCCCC[N+](C)(CCCCOC(=O)[C@@H](C)Cc1ccc(O)cc1)CCCS(=O)(=O)O. The molecule has 1 aromatic carbocycles. The van der Waals surface area contributed by atoms with E-state index in [2.05, 4.69) is 14.0 Å². The van der Waals surface area contributed by atoms with Crippen molar-refractivity contribution in [3.63, 3.8) is 0 Å². The number of benzene rings is 1. The third-order valence-corrected chi connectivity index (χ3v) is 9.17. The molecule has 244 valence electrons. The van der Waals surface area contributed by atoms with E-state index in [4.69, 9.17) is 4.74 Å². The molecule has 1 rings (SSSR count). The number of quaternary nitrogens is 1. The van der Waals surface area contributed by atoms with Crippen molar-refractivity contribution in [2.75, 3.05) is 39.0 Å². The average Bonchev–Trinajstić information content (AvgIpc) is 2.93. The van der Waals surface area contributed by atoms with Crippen LogP contribution in [0.2, 0.25) is 0 Å². The van der Waals surface area contributed by atoms with Gasteiger partial charge in [-0.2, -0.15) is 8.42 Å². The van der Waals surface area contributed by atoms with Crippen molar-refractivity contribution in [3.05, 3.63) is 29.8 Å². The van der Waals surface area contributed by atoms with Crippen LogP contribution in [0.4, 0.5) is 0 Å². The fourth-order valence-corrected chi connectivity index (χ4v) is 6.13. The molecule has 0 saturated heterocycles. The summed E-state index contributed by atoms with van der Waals surface area (Å²) in [6, 6.07) is 6.88. The van der Waals surface area contributed by atoms with Gasteiger partial charge < -0.3 is 14.3 Å². The third kappa shape index (κ3) is 21.1. The first kappa shape index (κ1) is 38.4. The fourth-order valence-electron chi connectivity index (χ4n) is 5.63. The number of carbonyl (C=O) groups is 1. The Morgan fingerprint density at radius 2 is 1.21 bits per heavy atom. The summed E-state index contributed by atoms with van der Waals surface area (Å²) >= 11 is 0. The number of carbonyl (C=O) groups excluding carboxylic acids is 1. The predicted octanol–water partition coefficient (Wildman–Crippen LogP) is 8.10. The van der Waals surface area contributed by atoms with E-state index in [0.29, 0.717) is 26.0 Å². The Bertz CT molecular complexity index is 920. The zero-order chi connectivity index (χ0) is 31.1. The average molecular weight is 613 g/mol. The van der Waals surface area contributed by atoms with Gasteiger partial charge >= 0.3 is 5.97 Å². The van der Waals surface area contributed by atoms with Gasteiger partial charge in [0, 0.05) is 6.42 Å². The Hall–Kier alpha value is -1.64. The zero-order valence-corrected chi connectivity index (χ0v) is 27.8. The van der Waals surface area contributed by atoms with Crippen LogP contribution in [0.3, 0.4) is 0 Å². The highest BCUT2D eigenvalue weighted by Crippen LogP contribution is 2.17.